The monoisotopic (exact) mass is 305 g/mol. The average molecular weight is 305 g/mol. The molecule has 1 aromatic rings. The van der Waals surface area contributed by atoms with Crippen LogP contribution >= 0.6 is 11.3 Å². The summed E-state index contributed by atoms with van der Waals surface area (Å²) in [5.74, 6) is 0.289. The molecule has 0 aliphatic carbocycles. The van der Waals surface area contributed by atoms with Crippen LogP contribution in [0, 0.1) is 5.92 Å². The van der Waals surface area contributed by atoms with E-state index in [1.807, 2.05) is 0 Å². The molecule has 0 aromatic carbocycles. The molecule has 1 heterocycles. The second kappa shape index (κ2) is 6.95. The van der Waals surface area contributed by atoms with Crippen molar-refractivity contribution in [3.8, 4) is 0 Å². The molecule has 1 N–H and O–H groups in total. The van der Waals surface area contributed by atoms with Crippen LogP contribution in [0.1, 0.15) is 31.7 Å². The number of carbonyl (C=O) groups is 1. The summed E-state index contributed by atoms with van der Waals surface area (Å²) in [6.45, 7) is 4.18. The van der Waals surface area contributed by atoms with Gasteiger partial charge in [0.25, 0.3) is 0 Å². The van der Waals surface area contributed by atoms with Gasteiger partial charge >= 0.3 is 0 Å². The first-order chi connectivity index (χ1) is 8.76. The van der Waals surface area contributed by atoms with Crippen LogP contribution in [-0.2, 0) is 21.1 Å². The van der Waals surface area contributed by atoms with E-state index in [2.05, 4.69) is 29.4 Å². The van der Waals surface area contributed by atoms with Gasteiger partial charge < -0.3 is 5.32 Å². The zero-order valence-corrected chi connectivity index (χ0v) is 13.0. The first kappa shape index (κ1) is 16.0. The molecule has 0 spiro atoms. The molecular weight excluding hydrogens is 286 g/mol. The zero-order chi connectivity index (χ0) is 14.5. The molecule has 6 nitrogen and oxygen atoms in total. The topological polar surface area (TPSA) is 89.0 Å². The smallest absolute Gasteiger partial charge is 0.226 e. The Bertz CT molecular complexity index is 523. The summed E-state index contributed by atoms with van der Waals surface area (Å²) in [5, 5.41) is 11.9. The van der Waals surface area contributed by atoms with E-state index in [4.69, 9.17) is 0 Å². The van der Waals surface area contributed by atoms with Crippen LogP contribution in [0.3, 0.4) is 0 Å². The Kier molecular flexibility index (Phi) is 5.86. The van der Waals surface area contributed by atoms with Crippen molar-refractivity contribution < 1.29 is 13.2 Å². The van der Waals surface area contributed by atoms with Gasteiger partial charge in [-0.1, -0.05) is 25.2 Å². The third kappa shape index (κ3) is 7.22. The Morgan fingerprint density at radius 1 is 1.37 bits per heavy atom. The molecule has 0 aliphatic heterocycles. The summed E-state index contributed by atoms with van der Waals surface area (Å²) in [6.07, 6.45) is 2.49. The first-order valence-corrected chi connectivity index (χ1v) is 8.94. The van der Waals surface area contributed by atoms with Crippen LogP contribution in [0.4, 0.5) is 5.13 Å². The predicted octanol–water partition coefficient (Wildman–Crippen LogP) is 1.50. The third-order valence-electron chi connectivity index (χ3n) is 2.22. The molecule has 0 aliphatic rings. The summed E-state index contributed by atoms with van der Waals surface area (Å²) >= 11 is 1.36. The van der Waals surface area contributed by atoms with Crippen molar-refractivity contribution in [3.63, 3.8) is 0 Å². The quantitative estimate of drug-likeness (QED) is 0.824. The Balaban J connectivity index is 2.38. The number of amides is 1. The molecule has 0 atom stereocenters. The molecule has 1 amide bonds. The highest BCUT2D eigenvalue weighted by Crippen LogP contribution is 2.18. The molecule has 0 unspecified atom stereocenters. The standard InChI is InChI=1S/C11H19N3O3S2/c1-8(2)7-10-13-14-11(18-10)12-9(15)5-4-6-19(3,16)17/h8H,4-7H2,1-3H3,(H,12,14,15). The minimum Gasteiger partial charge on any atom is -0.301 e. The highest BCUT2D eigenvalue weighted by Gasteiger charge is 2.10. The Labute approximate surface area is 117 Å². The first-order valence-electron chi connectivity index (χ1n) is 6.06. The number of hydrogen-bond acceptors (Lipinski definition) is 6. The van der Waals surface area contributed by atoms with E-state index >= 15 is 0 Å². The van der Waals surface area contributed by atoms with Gasteiger partial charge in [0.1, 0.15) is 14.8 Å². The van der Waals surface area contributed by atoms with Crippen LogP contribution in [0.15, 0.2) is 0 Å². The van der Waals surface area contributed by atoms with Crippen LogP contribution in [0.2, 0.25) is 0 Å². The van der Waals surface area contributed by atoms with Crippen LogP contribution in [0.5, 0.6) is 0 Å². The van der Waals surface area contributed by atoms with Crippen molar-refractivity contribution in [2.24, 2.45) is 5.92 Å². The second-order valence-corrected chi connectivity index (χ2v) is 8.20. The van der Waals surface area contributed by atoms with Gasteiger partial charge in [-0.05, 0) is 12.3 Å². The average Bonchev–Trinajstić information content (AvgIpc) is 2.62. The molecule has 0 fully saturated rings. The van der Waals surface area contributed by atoms with E-state index in [0.717, 1.165) is 17.7 Å². The molecule has 0 bridgehead atoms. The number of rotatable bonds is 7. The summed E-state index contributed by atoms with van der Waals surface area (Å²) in [5.41, 5.74) is 0. The minimum atomic E-state index is -3.01. The number of nitrogens with one attached hydrogen (secondary N) is 1. The SMILES string of the molecule is CC(C)Cc1nnc(NC(=O)CCCS(C)(=O)=O)s1. The normalized spacial score (nSPS) is 11.8. The van der Waals surface area contributed by atoms with Crippen LogP contribution in [0.25, 0.3) is 0 Å². The van der Waals surface area contributed by atoms with Gasteiger partial charge in [0.15, 0.2) is 0 Å². The fourth-order valence-corrected chi connectivity index (χ4v) is 3.05. The third-order valence-corrected chi connectivity index (χ3v) is 4.11. The lowest BCUT2D eigenvalue weighted by Gasteiger charge is -2.00. The number of aromatic nitrogens is 2. The summed E-state index contributed by atoms with van der Waals surface area (Å²) in [6, 6.07) is 0. The molecule has 1 rings (SSSR count). The molecule has 8 heteroatoms. The maximum absolute atomic E-state index is 11.6. The second-order valence-electron chi connectivity index (χ2n) is 4.88. The number of sulfone groups is 1. The lowest BCUT2D eigenvalue weighted by molar-refractivity contribution is -0.116. The van der Waals surface area contributed by atoms with Crippen molar-refractivity contribution in [3.05, 3.63) is 5.01 Å². The molecular formula is C11H19N3O3S2. The predicted molar refractivity (Wildman–Crippen MR) is 76.0 cm³/mol. The van der Waals surface area contributed by atoms with E-state index in [0.29, 0.717) is 17.5 Å². The number of anilines is 1. The minimum absolute atomic E-state index is 0.0230. The van der Waals surface area contributed by atoms with Crippen molar-refractivity contribution in [1.82, 2.24) is 10.2 Å². The van der Waals surface area contributed by atoms with Crippen molar-refractivity contribution >= 4 is 32.2 Å². The molecule has 1 aromatic heterocycles. The molecule has 19 heavy (non-hydrogen) atoms. The van der Waals surface area contributed by atoms with Crippen LogP contribution < -0.4 is 5.32 Å². The van der Waals surface area contributed by atoms with Crippen molar-refractivity contribution in [1.29, 1.82) is 0 Å². The zero-order valence-electron chi connectivity index (χ0n) is 11.3. The summed E-state index contributed by atoms with van der Waals surface area (Å²) < 4.78 is 21.9. The van der Waals surface area contributed by atoms with Gasteiger partial charge in [-0.3, -0.25) is 4.79 Å². The van der Waals surface area contributed by atoms with Crippen molar-refractivity contribution in [2.45, 2.75) is 33.1 Å². The lowest BCUT2D eigenvalue weighted by Crippen LogP contribution is -2.13. The molecule has 108 valence electrons. The highest BCUT2D eigenvalue weighted by molar-refractivity contribution is 7.90. The number of nitrogens with zero attached hydrogens (tertiary/aromatic N) is 2. The van der Waals surface area contributed by atoms with Crippen LogP contribution in [-0.4, -0.2) is 36.5 Å². The number of carbonyl (C=O) groups excluding carboxylic acids is 1. The fraction of sp³-hybridized carbons (Fsp3) is 0.727. The maximum Gasteiger partial charge on any atom is 0.226 e. The molecule has 0 saturated heterocycles. The van der Waals surface area contributed by atoms with E-state index in [-0.39, 0.29) is 18.1 Å². The highest BCUT2D eigenvalue weighted by atomic mass is 32.2. The van der Waals surface area contributed by atoms with E-state index in [9.17, 15) is 13.2 Å². The fourth-order valence-electron chi connectivity index (χ4n) is 1.41. The van der Waals surface area contributed by atoms with Gasteiger partial charge in [-0.15, -0.1) is 10.2 Å². The Morgan fingerprint density at radius 2 is 2.05 bits per heavy atom. The molecule has 0 radical (unpaired) electrons. The molecule has 0 saturated carbocycles. The Hall–Kier alpha value is -1.02. The Morgan fingerprint density at radius 3 is 2.63 bits per heavy atom. The van der Waals surface area contributed by atoms with Gasteiger partial charge in [-0.2, -0.15) is 0 Å². The van der Waals surface area contributed by atoms with Crippen molar-refractivity contribution in [2.75, 3.05) is 17.3 Å². The van der Waals surface area contributed by atoms with Gasteiger partial charge in [0.05, 0.1) is 5.75 Å². The summed E-state index contributed by atoms with van der Waals surface area (Å²) in [7, 11) is -3.01. The number of hydrogen-bond donors (Lipinski definition) is 1. The van der Waals surface area contributed by atoms with E-state index < -0.39 is 9.84 Å². The maximum atomic E-state index is 11.6. The largest absolute Gasteiger partial charge is 0.301 e. The van der Waals surface area contributed by atoms with E-state index in [1.165, 1.54) is 11.3 Å². The van der Waals surface area contributed by atoms with Gasteiger partial charge in [0, 0.05) is 19.1 Å². The van der Waals surface area contributed by atoms with Gasteiger partial charge in [-0.25, -0.2) is 8.42 Å². The summed E-state index contributed by atoms with van der Waals surface area (Å²) in [4.78, 5) is 11.6. The van der Waals surface area contributed by atoms with E-state index in [1.54, 1.807) is 0 Å². The lowest BCUT2D eigenvalue weighted by atomic mass is 10.1. The van der Waals surface area contributed by atoms with Gasteiger partial charge in [0.2, 0.25) is 11.0 Å².